The summed E-state index contributed by atoms with van der Waals surface area (Å²) in [7, 11) is 0. The molecule has 7 heteroatoms. The highest BCUT2D eigenvalue weighted by Crippen LogP contribution is 2.15. The van der Waals surface area contributed by atoms with Crippen molar-refractivity contribution in [3.8, 4) is 0 Å². The van der Waals surface area contributed by atoms with Crippen molar-refractivity contribution in [1.82, 2.24) is 10.3 Å². The molecule has 0 aliphatic carbocycles. The van der Waals surface area contributed by atoms with Gasteiger partial charge in [0.05, 0.1) is 5.56 Å². The number of amides is 1. The lowest BCUT2D eigenvalue weighted by Gasteiger charge is -2.19. The van der Waals surface area contributed by atoms with Gasteiger partial charge in [0.25, 0.3) is 0 Å². The van der Waals surface area contributed by atoms with Crippen molar-refractivity contribution in [2.24, 2.45) is 0 Å². The quantitative estimate of drug-likeness (QED) is 0.675. The molecule has 0 spiro atoms. The first-order valence-corrected chi connectivity index (χ1v) is 6.02. The van der Waals surface area contributed by atoms with Crippen LogP contribution in [0.1, 0.15) is 26.3 Å². The maximum Gasteiger partial charge on any atom is 0.407 e. The van der Waals surface area contributed by atoms with E-state index in [-0.39, 0.29) is 12.4 Å². The molecule has 1 rings (SSSR count). The van der Waals surface area contributed by atoms with Crippen LogP contribution in [0.2, 0.25) is 0 Å². The van der Waals surface area contributed by atoms with E-state index in [4.69, 9.17) is 4.74 Å². The molecule has 20 heavy (non-hydrogen) atoms. The third kappa shape index (κ3) is 5.47. The molecule has 0 radical (unpaired) electrons. The summed E-state index contributed by atoms with van der Waals surface area (Å²) in [5.74, 6) is -0.221. The number of alkyl carbamates (subject to hydrolysis) is 1. The lowest BCUT2D eigenvalue weighted by Crippen LogP contribution is -2.32. The van der Waals surface area contributed by atoms with E-state index in [9.17, 15) is 14.9 Å². The largest absolute Gasteiger partial charge is 0.444 e. The third-order valence-electron chi connectivity index (χ3n) is 2.05. The summed E-state index contributed by atoms with van der Waals surface area (Å²) in [5, 5.41) is 13.3. The number of nitrogens with zero attached hydrogens (tertiary/aromatic N) is 2. The predicted octanol–water partition coefficient (Wildman–Crippen LogP) is 2.53. The first-order chi connectivity index (χ1) is 9.29. The predicted molar refractivity (Wildman–Crippen MR) is 74.2 cm³/mol. The molecular formula is C13H17N3O4. The minimum absolute atomic E-state index is 0.209. The third-order valence-corrected chi connectivity index (χ3v) is 2.05. The average molecular weight is 279 g/mol. The van der Waals surface area contributed by atoms with Crippen LogP contribution in [0.25, 0.3) is 6.08 Å². The molecule has 7 nitrogen and oxygen atoms in total. The summed E-state index contributed by atoms with van der Waals surface area (Å²) in [5.41, 5.74) is -0.181. The zero-order valence-electron chi connectivity index (χ0n) is 11.6. The molecule has 0 unspecified atom stereocenters. The Morgan fingerprint density at radius 3 is 2.85 bits per heavy atom. The van der Waals surface area contributed by atoms with Crippen LogP contribution in [0.4, 0.5) is 10.6 Å². The summed E-state index contributed by atoms with van der Waals surface area (Å²) in [4.78, 5) is 25.2. The molecule has 1 aromatic heterocycles. The topological polar surface area (TPSA) is 94.4 Å². The Hall–Kier alpha value is -2.44. The summed E-state index contributed by atoms with van der Waals surface area (Å²) < 4.78 is 5.05. The smallest absolute Gasteiger partial charge is 0.407 e. The Bertz CT molecular complexity index is 521. The maximum atomic E-state index is 11.4. The molecule has 0 atom stereocenters. The standard InChI is InChI=1S/C13H17N3O4/c1-13(2,3)20-12(17)15-9-5-7-10-6-4-8-14-11(10)16(18)19/h4-8H,9H2,1-3H3,(H,15,17). The Balaban J connectivity index is 2.54. The minimum atomic E-state index is -0.560. The van der Waals surface area contributed by atoms with Gasteiger partial charge in [-0.3, -0.25) is 0 Å². The summed E-state index contributed by atoms with van der Waals surface area (Å²) in [6.45, 7) is 5.51. The van der Waals surface area contributed by atoms with Gasteiger partial charge < -0.3 is 20.2 Å². The summed E-state index contributed by atoms with van der Waals surface area (Å²) >= 11 is 0. The van der Waals surface area contributed by atoms with Gasteiger partial charge in [0.15, 0.2) is 0 Å². The fourth-order valence-corrected chi connectivity index (χ4v) is 1.33. The fourth-order valence-electron chi connectivity index (χ4n) is 1.33. The van der Waals surface area contributed by atoms with Crippen molar-refractivity contribution in [2.45, 2.75) is 26.4 Å². The van der Waals surface area contributed by atoms with Gasteiger partial charge in [-0.2, -0.15) is 0 Å². The van der Waals surface area contributed by atoms with Gasteiger partial charge in [0, 0.05) is 6.54 Å². The molecule has 1 N–H and O–H groups in total. The normalized spacial score (nSPS) is 11.3. The first kappa shape index (κ1) is 15.6. The molecule has 108 valence electrons. The second kappa shape index (κ2) is 6.65. The van der Waals surface area contributed by atoms with E-state index in [1.807, 2.05) is 0 Å². The molecule has 0 bridgehead atoms. The average Bonchev–Trinajstić information content (AvgIpc) is 2.33. The van der Waals surface area contributed by atoms with Crippen LogP contribution in [-0.4, -0.2) is 28.1 Å². The van der Waals surface area contributed by atoms with Gasteiger partial charge in [-0.05, 0) is 48.9 Å². The highest BCUT2D eigenvalue weighted by Gasteiger charge is 2.15. The lowest BCUT2D eigenvalue weighted by atomic mass is 10.2. The van der Waals surface area contributed by atoms with Crippen LogP contribution in [-0.2, 0) is 4.74 Å². The number of nitrogens with one attached hydrogen (secondary N) is 1. The number of carbonyl (C=O) groups is 1. The van der Waals surface area contributed by atoms with Gasteiger partial charge in [-0.15, -0.1) is 0 Å². The van der Waals surface area contributed by atoms with E-state index < -0.39 is 16.6 Å². The van der Waals surface area contributed by atoms with Gasteiger partial charge >= 0.3 is 11.9 Å². The monoisotopic (exact) mass is 279 g/mol. The van der Waals surface area contributed by atoms with Crippen LogP contribution in [0.5, 0.6) is 0 Å². The molecule has 0 saturated heterocycles. The zero-order valence-corrected chi connectivity index (χ0v) is 11.6. The number of rotatable bonds is 4. The maximum absolute atomic E-state index is 11.4. The zero-order chi connectivity index (χ0) is 15.2. The molecule has 0 fully saturated rings. The number of aromatic nitrogens is 1. The van der Waals surface area contributed by atoms with E-state index in [2.05, 4.69) is 10.3 Å². The van der Waals surface area contributed by atoms with Crippen molar-refractivity contribution in [2.75, 3.05) is 6.54 Å². The number of pyridine rings is 1. The Morgan fingerprint density at radius 1 is 1.55 bits per heavy atom. The highest BCUT2D eigenvalue weighted by atomic mass is 16.6. The van der Waals surface area contributed by atoms with E-state index in [1.54, 1.807) is 39.0 Å². The number of hydrogen-bond donors (Lipinski definition) is 1. The molecule has 1 amide bonds. The minimum Gasteiger partial charge on any atom is -0.444 e. The van der Waals surface area contributed by atoms with Crippen LogP contribution >= 0.6 is 0 Å². The Kier molecular flexibility index (Phi) is 5.19. The number of ether oxygens (including phenoxy) is 1. The number of nitro groups is 1. The highest BCUT2D eigenvalue weighted by molar-refractivity contribution is 5.68. The van der Waals surface area contributed by atoms with Crippen LogP contribution < -0.4 is 5.32 Å². The summed E-state index contributed by atoms with van der Waals surface area (Å²) in [6.07, 6.45) is 3.94. The van der Waals surface area contributed by atoms with Gasteiger partial charge in [-0.25, -0.2) is 4.79 Å². The lowest BCUT2D eigenvalue weighted by molar-refractivity contribution is -0.389. The van der Waals surface area contributed by atoms with Crippen LogP contribution in [0.3, 0.4) is 0 Å². The molecule has 0 aromatic carbocycles. The van der Waals surface area contributed by atoms with Crippen molar-refractivity contribution in [3.63, 3.8) is 0 Å². The van der Waals surface area contributed by atoms with Crippen molar-refractivity contribution in [3.05, 3.63) is 40.1 Å². The second-order valence-electron chi connectivity index (χ2n) is 4.96. The Morgan fingerprint density at radius 2 is 2.25 bits per heavy atom. The fraction of sp³-hybridized carbons (Fsp3) is 0.385. The van der Waals surface area contributed by atoms with E-state index in [0.29, 0.717) is 5.56 Å². The van der Waals surface area contributed by atoms with Crippen molar-refractivity contribution in [1.29, 1.82) is 0 Å². The molecule has 0 aliphatic rings. The van der Waals surface area contributed by atoms with E-state index in [1.165, 1.54) is 12.3 Å². The van der Waals surface area contributed by atoms with Gasteiger partial charge in [-0.1, -0.05) is 6.08 Å². The molecular weight excluding hydrogens is 262 g/mol. The summed E-state index contributed by atoms with van der Waals surface area (Å²) in [6, 6.07) is 3.18. The Labute approximate surface area is 116 Å². The molecule has 0 saturated carbocycles. The molecule has 1 aromatic rings. The van der Waals surface area contributed by atoms with E-state index >= 15 is 0 Å². The number of carbonyl (C=O) groups excluding carboxylic acids is 1. The van der Waals surface area contributed by atoms with Crippen molar-refractivity contribution < 1.29 is 14.5 Å². The number of hydrogen-bond acceptors (Lipinski definition) is 5. The molecule has 0 aliphatic heterocycles. The van der Waals surface area contributed by atoms with Crippen molar-refractivity contribution >= 4 is 18.0 Å². The van der Waals surface area contributed by atoms with Crippen LogP contribution in [0, 0.1) is 10.1 Å². The van der Waals surface area contributed by atoms with Crippen LogP contribution in [0.15, 0.2) is 24.4 Å². The first-order valence-electron chi connectivity index (χ1n) is 6.02. The van der Waals surface area contributed by atoms with E-state index in [0.717, 1.165) is 0 Å². The van der Waals surface area contributed by atoms with Gasteiger partial charge in [0.1, 0.15) is 11.8 Å². The molecule has 1 heterocycles. The second-order valence-corrected chi connectivity index (χ2v) is 4.96. The SMILES string of the molecule is CC(C)(C)OC(=O)NCC=Cc1cccnc1[N+](=O)[O-]. The van der Waals surface area contributed by atoms with Gasteiger partial charge in [0.2, 0.25) is 0 Å².